The van der Waals surface area contributed by atoms with Crippen LogP contribution in [-0.4, -0.2) is 26.2 Å². The maximum Gasteiger partial charge on any atom is 0.336 e. The number of aromatic amines is 1. The molecule has 1 aromatic heterocycles. The van der Waals surface area contributed by atoms with E-state index < -0.39 is 5.97 Å². The highest BCUT2D eigenvalue weighted by Gasteiger charge is 2.12. The molecule has 3 aromatic carbocycles. The quantitative estimate of drug-likeness (QED) is 0.401. The van der Waals surface area contributed by atoms with Crippen molar-refractivity contribution in [1.82, 2.24) is 9.97 Å². The molecule has 0 atom stereocenters. The Labute approximate surface area is 176 Å². The van der Waals surface area contributed by atoms with E-state index in [0.717, 1.165) is 0 Å². The lowest BCUT2D eigenvalue weighted by Gasteiger charge is -2.05. The molecule has 0 aliphatic heterocycles. The lowest BCUT2D eigenvalue weighted by atomic mass is 10.1. The Bertz CT molecular complexity index is 1350. The van der Waals surface area contributed by atoms with Crippen LogP contribution in [-0.2, 0) is 0 Å². The molecule has 0 amide bonds. The lowest BCUT2D eigenvalue weighted by Crippen LogP contribution is -2.00. The van der Waals surface area contributed by atoms with E-state index in [1.54, 1.807) is 55.5 Å². The van der Waals surface area contributed by atoms with Gasteiger partial charge in [0.2, 0.25) is 0 Å². The van der Waals surface area contributed by atoms with Gasteiger partial charge in [-0.2, -0.15) is 4.98 Å². The van der Waals surface area contributed by atoms with Crippen molar-refractivity contribution in [3.8, 4) is 29.4 Å². The van der Waals surface area contributed by atoms with E-state index in [4.69, 9.17) is 16.3 Å². The average Bonchev–Trinajstić information content (AvgIpc) is 3.08. The first-order valence-corrected chi connectivity index (χ1v) is 9.29. The van der Waals surface area contributed by atoms with Crippen molar-refractivity contribution in [2.45, 2.75) is 6.92 Å². The summed E-state index contributed by atoms with van der Waals surface area (Å²) in [6, 6.07) is 15.1. The number of nitrogens with one attached hydrogen (secondary N) is 1. The number of phenols is 1. The number of aromatic carboxylic acids is 1. The summed E-state index contributed by atoms with van der Waals surface area (Å²) in [6.07, 6.45) is 0. The number of fused-ring (bicyclic) bond motifs is 1. The van der Waals surface area contributed by atoms with Crippen LogP contribution >= 0.6 is 11.6 Å². The molecule has 0 unspecified atom stereocenters. The van der Waals surface area contributed by atoms with Crippen LogP contribution in [0.3, 0.4) is 0 Å². The zero-order chi connectivity index (χ0) is 21.3. The third-order valence-corrected chi connectivity index (χ3v) is 4.70. The topological polar surface area (TPSA) is 95.4 Å². The first kappa shape index (κ1) is 19.4. The number of benzene rings is 3. The molecule has 0 fully saturated rings. The number of aromatic nitrogens is 2. The van der Waals surface area contributed by atoms with Gasteiger partial charge < -0.3 is 19.9 Å². The number of aryl methyl sites for hydroxylation is 1. The molecule has 6 nitrogen and oxygen atoms in total. The fourth-order valence-electron chi connectivity index (χ4n) is 2.88. The molecule has 4 rings (SSSR count). The third kappa shape index (κ3) is 4.07. The van der Waals surface area contributed by atoms with Crippen molar-refractivity contribution in [3.05, 3.63) is 81.9 Å². The number of rotatable bonds is 3. The second kappa shape index (κ2) is 7.82. The molecule has 4 aromatic rings. The minimum Gasteiger partial charge on any atom is -0.508 e. The van der Waals surface area contributed by atoms with Crippen molar-refractivity contribution < 1.29 is 19.7 Å². The van der Waals surface area contributed by atoms with E-state index in [2.05, 4.69) is 21.8 Å². The molecule has 0 radical (unpaired) electrons. The number of carbonyl (C=O) groups is 1. The molecule has 0 bridgehead atoms. The summed E-state index contributed by atoms with van der Waals surface area (Å²) >= 11 is 6.33. The second-order valence-electron chi connectivity index (χ2n) is 6.58. The Balaban J connectivity index is 1.64. The highest BCUT2D eigenvalue weighted by atomic mass is 35.5. The lowest BCUT2D eigenvalue weighted by molar-refractivity contribution is 0.0695. The van der Waals surface area contributed by atoms with Gasteiger partial charge in [0.1, 0.15) is 11.5 Å². The number of carboxylic acids is 1. The maximum atomic E-state index is 11.3. The summed E-state index contributed by atoms with van der Waals surface area (Å²) in [4.78, 5) is 18.7. The number of nitrogens with zero attached hydrogens (tertiary/aromatic N) is 1. The van der Waals surface area contributed by atoms with Gasteiger partial charge in [0.05, 0.1) is 21.6 Å². The predicted molar refractivity (Wildman–Crippen MR) is 113 cm³/mol. The van der Waals surface area contributed by atoms with Gasteiger partial charge in [0.25, 0.3) is 6.01 Å². The van der Waals surface area contributed by atoms with Gasteiger partial charge in [0, 0.05) is 11.1 Å². The SMILES string of the molecule is Cc1ccc(Oc2nc3cc(Cl)c(C#Cc4cccc(O)c4)cc3[nH]2)cc1C(=O)O. The molecule has 30 heavy (non-hydrogen) atoms. The van der Waals surface area contributed by atoms with E-state index in [1.807, 2.05) is 0 Å². The summed E-state index contributed by atoms with van der Waals surface area (Å²) in [5.74, 6) is 5.42. The summed E-state index contributed by atoms with van der Waals surface area (Å²) in [6.45, 7) is 1.72. The number of halogens is 1. The van der Waals surface area contributed by atoms with Crippen LogP contribution in [0.2, 0.25) is 5.02 Å². The Hall–Kier alpha value is -3.95. The van der Waals surface area contributed by atoms with Gasteiger partial charge >= 0.3 is 5.97 Å². The number of ether oxygens (including phenoxy) is 1. The van der Waals surface area contributed by atoms with Gasteiger partial charge in [-0.05, 0) is 55.0 Å². The molecule has 0 saturated heterocycles. The third-order valence-electron chi connectivity index (χ3n) is 4.39. The van der Waals surface area contributed by atoms with E-state index in [-0.39, 0.29) is 17.3 Å². The van der Waals surface area contributed by atoms with Crippen LogP contribution < -0.4 is 4.74 Å². The molecular formula is C23H15ClN2O4. The van der Waals surface area contributed by atoms with Crippen molar-refractivity contribution in [3.63, 3.8) is 0 Å². The molecule has 0 aliphatic carbocycles. The zero-order valence-electron chi connectivity index (χ0n) is 15.7. The highest BCUT2D eigenvalue weighted by Crippen LogP contribution is 2.27. The highest BCUT2D eigenvalue weighted by molar-refractivity contribution is 6.32. The molecule has 148 valence electrons. The number of H-pyrrole nitrogens is 1. The summed E-state index contributed by atoms with van der Waals surface area (Å²) < 4.78 is 5.69. The molecule has 0 spiro atoms. The molecule has 0 aliphatic rings. The smallest absolute Gasteiger partial charge is 0.336 e. The van der Waals surface area contributed by atoms with Gasteiger partial charge in [-0.3, -0.25) is 0 Å². The number of aromatic hydroxyl groups is 1. The number of hydrogen-bond donors (Lipinski definition) is 3. The maximum absolute atomic E-state index is 11.3. The minimum atomic E-state index is -1.02. The Morgan fingerprint density at radius 2 is 1.97 bits per heavy atom. The first-order valence-electron chi connectivity index (χ1n) is 8.91. The van der Waals surface area contributed by atoms with Gasteiger partial charge in [-0.15, -0.1) is 0 Å². The van der Waals surface area contributed by atoms with Crippen LogP contribution in [0.15, 0.2) is 54.6 Å². The Morgan fingerprint density at radius 3 is 2.73 bits per heavy atom. The van der Waals surface area contributed by atoms with Gasteiger partial charge in [-0.25, -0.2) is 4.79 Å². The second-order valence-corrected chi connectivity index (χ2v) is 6.98. The molecule has 0 saturated carbocycles. The average molecular weight is 419 g/mol. The van der Waals surface area contributed by atoms with Crippen molar-refractivity contribution in [2.24, 2.45) is 0 Å². The molecule has 3 N–H and O–H groups in total. The fraction of sp³-hybridized carbons (Fsp3) is 0.0435. The number of hydrogen-bond acceptors (Lipinski definition) is 4. The summed E-state index contributed by atoms with van der Waals surface area (Å²) in [5, 5.41) is 19.2. The normalized spacial score (nSPS) is 10.5. The first-order chi connectivity index (χ1) is 14.4. The zero-order valence-corrected chi connectivity index (χ0v) is 16.5. The van der Waals surface area contributed by atoms with Crippen LogP contribution in [0.5, 0.6) is 17.5 Å². The molecular weight excluding hydrogens is 404 g/mol. The van der Waals surface area contributed by atoms with E-state index in [0.29, 0.717) is 38.5 Å². The standard InChI is InChI=1S/C23H15ClN2O4/c1-13-5-8-17(11-18(13)22(28)29)30-23-25-20-10-15(19(24)12-21(20)26-23)7-6-14-3-2-4-16(27)9-14/h2-5,8-12,27H,1H3,(H,25,26)(H,28,29). The van der Waals surface area contributed by atoms with E-state index in [1.165, 1.54) is 6.07 Å². The molecule has 1 heterocycles. The predicted octanol–water partition coefficient (Wildman–Crippen LogP) is 5.12. The number of carboxylic acid groups (broad SMARTS) is 1. The van der Waals surface area contributed by atoms with Crippen LogP contribution in [0, 0.1) is 18.8 Å². The monoisotopic (exact) mass is 418 g/mol. The summed E-state index contributed by atoms with van der Waals surface area (Å²) in [5.41, 5.74) is 3.31. The van der Waals surface area contributed by atoms with Crippen molar-refractivity contribution in [2.75, 3.05) is 0 Å². The van der Waals surface area contributed by atoms with Gasteiger partial charge in [-0.1, -0.05) is 35.6 Å². The molecule has 7 heteroatoms. The van der Waals surface area contributed by atoms with Crippen LogP contribution in [0.1, 0.15) is 27.0 Å². The van der Waals surface area contributed by atoms with E-state index in [9.17, 15) is 15.0 Å². The van der Waals surface area contributed by atoms with Crippen molar-refractivity contribution >= 4 is 28.6 Å². The van der Waals surface area contributed by atoms with Crippen LogP contribution in [0.4, 0.5) is 0 Å². The number of phenolic OH excluding ortho intramolecular Hbond substituents is 1. The Kier molecular flexibility index (Phi) is 5.05. The minimum absolute atomic E-state index is 0.140. The van der Waals surface area contributed by atoms with Gasteiger partial charge in [0.15, 0.2) is 0 Å². The van der Waals surface area contributed by atoms with Crippen molar-refractivity contribution in [1.29, 1.82) is 0 Å². The fourth-order valence-corrected chi connectivity index (χ4v) is 3.09. The Morgan fingerprint density at radius 1 is 1.13 bits per heavy atom. The largest absolute Gasteiger partial charge is 0.508 e. The van der Waals surface area contributed by atoms with E-state index >= 15 is 0 Å². The number of imidazole rings is 1. The van der Waals surface area contributed by atoms with Crippen LogP contribution in [0.25, 0.3) is 11.0 Å². The summed E-state index contributed by atoms with van der Waals surface area (Å²) in [7, 11) is 0.